The zero-order valence-corrected chi connectivity index (χ0v) is 19.8. The molecule has 2 heterocycles. The minimum atomic E-state index is -0.607. The lowest BCUT2D eigenvalue weighted by Gasteiger charge is -2.28. The SMILES string of the molecule is COc1cc2c(Nc3ccc(Cl)cc3F)ncnc2cc1OCC(O)CN1CCCCC1.Cl. The maximum atomic E-state index is 14.2. The van der Waals surface area contributed by atoms with Crippen molar-refractivity contribution in [1.29, 1.82) is 0 Å². The summed E-state index contributed by atoms with van der Waals surface area (Å²) < 4.78 is 25.6. The van der Waals surface area contributed by atoms with E-state index in [4.69, 9.17) is 21.1 Å². The highest BCUT2D eigenvalue weighted by molar-refractivity contribution is 6.30. The van der Waals surface area contributed by atoms with E-state index in [0.717, 1.165) is 13.1 Å². The number of ether oxygens (including phenoxy) is 2. The molecular weight excluding hydrogens is 470 g/mol. The molecule has 0 bridgehead atoms. The molecule has 7 nitrogen and oxygen atoms in total. The third kappa shape index (κ3) is 6.35. The summed E-state index contributed by atoms with van der Waals surface area (Å²) in [5.74, 6) is 0.877. The zero-order valence-electron chi connectivity index (χ0n) is 18.3. The summed E-state index contributed by atoms with van der Waals surface area (Å²) in [6.45, 7) is 2.75. The first-order valence-corrected chi connectivity index (χ1v) is 11.0. The van der Waals surface area contributed by atoms with Crippen molar-refractivity contribution in [2.75, 3.05) is 38.7 Å². The number of benzene rings is 2. The van der Waals surface area contributed by atoms with E-state index in [1.54, 1.807) is 24.3 Å². The number of likely N-dealkylation sites (tertiary alicyclic amines) is 1. The monoisotopic (exact) mass is 496 g/mol. The van der Waals surface area contributed by atoms with Gasteiger partial charge in [0.25, 0.3) is 0 Å². The largest absolute Gasteiger partial charge is 0.493 e. The molecule has 1 aromatic heterocycles. The number of aliphatic hydroxyl groups is 1. The summed E-state index contributed by atoms with van der Waals surface area (Å²) >= 11 is 5.83. The first-order chi connectivity index (χ1) is 15.5. The minimum absolute atomic E-state index is 0. The van der Waals surface area contributed by atoms with Crippen LogP contribution in [0.15, 0.2) is 36.7 Å². The van der Waals surface area contributed by atoms with E-state index in [1.807, 2.05) is 0 Å². The number of hydrogen-bond donors (Lipinski definition) is 2. The number of halogens is 3. The van der Waals surface area contributed by atoms with Gasteiger partial charge in [-0.05, 0) is 50.2 Å². The fourth-order valence-corrected chi connectivity index (χ4v) is 3.99. The molecule has 0 aliphatic carbocycles. The van der Waals surface area contributed by atoms with E-state index in [1.165, 1.54) is 38.8 Å². The standard InChI is InChI=1S/C23H26ClFN4O3.ClH/c1-31-21-10-17-20(11-22(21)32-13-16(30)12-29-7-3-2-4-8-29)26-14-27-23(17)28-19-6-5-15(24)9-18(19)25;/h5-6,9-11,14,16,30H,2-4,7-8,12-13H2,1H3,(H,26,27,28);1H. The molecule has 0 saturated carbocycles. The first kappa shape index (κ1) is 25.2. The number of hydrogen-bond acceptors (Lipinski definition) is 7. The summed E-state index contributed by atoms with van der Waals surface area (Å²) in [6, 6.07) is 7.84. The molecule has 1 unspecified atom stereocenters. The molecule has 1 saturated heterocycles. The lowest BCUT2D eigenvalue weighted by Crippen LogP contribution is -2.38. The Morgan fingerprint density at radius 1 is 1.15 bits per heavy atom. The van der Waals surface area contributed by atoms with Crippen molar-refractivity contribution in [3.05, 3.63) is 47.5 Å². The quantitative estimate of drug-likeness (QED) is 0.462. The number of methoxy groups -OCH3 is 1. The van der Waals surface area contributed by atoms with Gasteiger partial charge in [-0.1, -0.05) is 18.0 Å². The molecule has 0 spiro atoms. The van der Waals surface area contributed by atoms with Gasteiger partial charge in [-0.3, -0.25) is 0 Å². The topological polar surface area (TPSA) is 79.7 Å². The maximum Gasteiger partial charge on any atom is 0.163 e. The molecule has 1 aliphatic heterocycles. The van der Waals surface area contributed by atoms with E-state index in [-0.39, 0.29) is 24.7 Å². The van der Waals surface area contributed by atoms with Crippen molar-refractivity contribution >= 4 is 46.4 Å². The van der Waals surface area contributed by atoms with Gasteiger partial charge in [0.15, 0.2) is 11.5 Å². The highest BCUT2D eigenvalue weighted by atomic mass is 35.5. The molecule has 2 N–H and O–H groups in total. The molecule has 4 rings (SSSR count). The molecule has 33 heavy (non-hydrogen) atoms. The fourth-order valence-electron chi connectivity index (χ4n) is 3.83. The molecule has 0 amide bonds. The van der Waals surface area contributed by atoms with Gasteiger partial charge >= 0.3 is 0 Å². The molecule has 10 heteroatoms. The molecule has 1 fully saturated rings. The third-order valence-electron chi connectivity index (χ3n) is 5.45. The lowest BCUT2D eigenvalue weighted by molar-refractivity contribution is 0.0609. The van der Waals surface area contributed by atoms with Crippen molar-refractivity contribution in [2.45, 2.75) is 25.4 Å². The second kappa shape index (κ2) is 11.7. The number of nitrogens with zero attached hydrogens (tertiary/aromatic N) is 3. The predicted molar refractivity (Wildman–Crippen MR) is 130 cm³/mol. The zero-order chi connectivity index (χ0) is 22.5. The Balaban J connectivity index is 0.00000306. The van der Waals surface area contributed by atoms with Crippen LogP contribution in [0.5, 0.6) is 11.5 Å². The van der Waals surface area contributed by atoms with Crippen LogP contribution < -0.4 is 14.8 Å². The van der Waals surface area contributed by atoms with Crippen LogP contribution in [0.1, 0.15) is 19.3 Å². The van der Waals surface area contributed by atoms with Gasteiger partial charge < -0.3 is 24.8 Å². The van der Waals surface area contributed by atoms with E-state index < -0.39 is 11.9 Å². The Kier molecular flexibility index (Phi) is 8.91. The summed E-state index contributed by atoms with van der Waals surface area (Å²) in [4.78, 5) is 10.8. The van der Waals surface area contributed by atoms with Gasteiger partial charge in [0.05, 0.1) is 18.3 Å². The summed E-state index contributed by atoms with van der Waals surface area (Å²) in [5, 5.41) is 14.3. The average molecular weight is 497 g/mol. The molecule has 3 aromatic rings. The van der Waals surface area contributed by atoms with Crippen molar-refractivity contribution in [3.63, 3.8) is 0 Å². The Morgan fingerprint density at radius 2 is 1.94 bits per heavy atom. The van der Waals surface area contributed by atoms with E-state index >= 15 is 0 Å². The fraction of sp³-hybridized carbons (Fsp3) is 0.391. The van der Waals surface area contributed by atoms with Gasteiger partial charge in [0.2, 0.25) is 0 Å². The first-order valence-electron chi connectivity index (χ1n) is 10.6. The average Bonchev–Trinajstić information content (AvgIpc) is 2.79. The molecule has 178 valence electrons. The number of rotatable bonds is 8. The van der Waals surface area contributed by atoms with Gasteiger partial charge in [-0.15, -0.1) is 12.4 Å². The Bertz CT molecular complexity index is 1080. The van der Waals surface area contributed by atoms with Gasteiger partial charge in [-0.2, -0.15) is 0 Å². The van der Waals surface area contributed by atoms with Crippen LogP contribution >= 0.6 is 24.0 Å². The van der Waals surface area contributed by atoms with Crippen LogP contribution in [-0.2, 0) is 0 Å². The van der Waals surface area contributed by atoms with Crippen molar-refractivity contribution in [2.24, 2.45) is 0 Å². The van der Waals surface area contributed by atoms with Crippen LogP contribution in [0.3, 0.4) is 0 Å². The highest BCUT2D eigenvalue weighted by Gasteiger charge is 2.17. The van der Waals surface area contributed by atoms with Crippen molar-refractivity contribution < 1.29 is 19.0 Å². The molecule has 2 aromatic carbocycles. The Labute approximate surface area is 203 Å². The van der Waals surface area contributed by atoms with Crippen LogP contribution in [0.2, 0.25) is 5.02 Å². The number of aliphatic hydroxyl groups excluding tert-OH is 1. The third-order valence-corrected chi connectivity index (χ3v) is 5.69. The Hall–Kier alpha value is -2.39. The predicted octanol–water partition coefficient (Wildman–Crippen LogP) is 4.82. The van der Waals surface area contributed by atoms with Crippen molar-refractivity contribution in [1.82, 2.24) is 14.9 Å². The molecule has 0 radical (unpaired) electrons. The van der Waals surface area contributed by atoms with E-state index in [9.17, 15) is 9.50 Å². The normalized spacial score (nSPS) is 15.0. The number of anilines is 2. The molecule has 1 aliphatic rings. The number of fused-ring (bicyclic) bond motifs is 1. The van der Waals surface area contributed by atoms with Gasteiger partial charge in [0.1, 0.15) is 30.7 Å². The second-order valence-electron chi connectivity index (χ2n) is 7.82. The molecule has 1 atom stereocenters. The summed E-state index contributed by atoms with van der Waals surface area (Å²) in [7, 11) is 1.54. The van der Waals surface area contributed by atoms with Crippen LogP contribution in [0.25, 0.3) is 10.9 Å². The maximum absolute atomic E-state index is 14.2. The lowest BCUT2D eigenvalue weighted by atomic mass is 10.1. The van der Waals surface area contributed by atoms with Crippen molar-refractivity contribution in [3.8, 4) is 11.5 Å². The highest BCUT2D eigenvalue weighted by Crippen LogP contribution is 2.35. The van der Waals surface area contributed by atoms with Gasteiger partial charge in [0, 0.05) is 23.0 Å². The number of β-amino-alcohol motifs (C(OH)–C–C–N with tert-alkyl or cyclic N) is 1. The van der Waals surface area contributed by atoms with Crippen LogP contribution in [-0.4, -0.2) is 59.4 Å². The number of piperidine rings is 1. The summed E-state index contributed by atoms with van der Waals surface area (Å²) in [6.07, 6.45) is 4.37. The van der Waals surface area contributed by atoms with Crippen LogP contribution in [0, 0.1) is 5.82 Å². The Morgan fingerprint density at radius 3 is 2.67 bits per heavy atom. The number of aromatic nitrogens is 2. The van der Waals surface area contributed by atoms with Gasteiger partial charge in [-0.25, -0.2) is 14.4 Å². The number of nitrogens with one attached hydrogen (secondary N) is 1. The summed E-state index contributed by atoms with van der Waals surface area (Å²) in [5.41, 5.74) is 0.840. The van der Waals surface area contributed by atoms with E-state index in [2.05, 4.69) is 20.2 Å². The van der Waals surface area contributed by atoms with E-state index in [0.29, 0.717) is 39.8 Å². The molecular formula is C23H27Cl2FN4O3. The smallest absolute Gasteiger partial charge is 0.163 e. The second-order valence-corrected chi connectivity index (χ2v) is 8.25. The van der Waals surface area contributed by atoms with Crippen LogP contribution in [0.4, 0.5) is 15.9 Å². The minimum Gasteiger partial charge on any atom is -0.493 e.